The predicted octanol–water partition coefficient (Wildman–Crippen LogP) is 2.72. The van der Waals surface area contributed by atoms with Crippen molar-refractivity contribution in [3.63, 3.8) is 0 Å². The predicted molar refractivity (Wildman–Crippen MR) is 88.2 cm³/mol. The van der Waals surface area contributed by atoms with Crippen LogP contribution in [0.4, 0.5) is 0 Å². The van der Waals surface area contributed by atoms with E-state index in [0.717, 1.165) is 9.13 Å². The minimum atomic E-state index is -1.04. The molecule has 0 aliphatic rings. The summed E-state index contributed by atoms with van der Waals surface area (Å²) in [7, 11) is 0. The number of benzene rings is 2. The molecule has 2 rings (SSSR count). The number of nitrogens with one attached hydrogen (secondary N) is 1. The maximum atomic E-state index is 12.1. The van der Waals surface area contributed by atoms with Crippen molar-refractivity contribution < 1.29 is 14.7 Å². The lowest BCUT2D eigenvalue weighted by Crippen LogP contribution is -2.42. The Balaban J connectivity index is 2.10. The van der Waals surface area contributed by atoms with Gasteiger partial charge >= 0.3 is 5.97 Å². The Hall–Kier alpha value is -1.89. The lowest BCUT2D eigenvalue weighted by Gasteiger charge is -2.14. The van der Waals surface area contributed by atoms with E-state index in [9.17, 15) is 14.7 Å². The number of hydrogen-bond acceptors (Lipinski definition) is 2. The fourth-order valence-electron chi connectivity index (χ4n) is 1.92. The molecular weight excluding hydrogens is 381 g/mol. The van der Waals surface area contributed by atoms with E-state index in [1.165, 1.54) is 0 Å². The van der Waals surface area contributed by atoms with Crippen LogP contribution in [0, 0.1) is 3.57 Å². The first kappa shape index (κ1) is 15.5. The normalized spacial score (nSPS) is 11.7. The van der Waals surface area contributed by atoms with Crippen LogP contribution >= 0.6 is 22.6 Å². The molecule has 1 atom stereocenters. The Morgan fingerprint density at radius 1 is 1.10 bits per heavy atom. The molecule has 108 valence electrons. The smallest absolute Gasteiger partial charge is 0.326 e. The van der Waals surface area contributed by atoms with Crippen molar-refractivity contribution in [2.75, 3.05) is 0 Å². The van der Waals surface area contributed by atoms with Gasteiger partial charge in [0.05, 0.1) is 0 Å². The van der Waals surface area contributed by atoms with Crippen molar-refractivity contribution >= 4 is 34.5 Å². The minimum Gasteiger partial charge on any atom is -0.480 e. The van der Waals surface area contributed by atoms with E-state index < -0.39 is 12.0 Å². The van der Waals surface area contributed by atoms with Gasteiger partial charge < -0.3 is 10.4 Å². The SMILES string of the molecule is O=C(N[C@H](Cc1ccccc1)C(=O)O)c1cccc(I)c1. The molecule has 2 aromatic carbocycles. The topological polar surface area (TPSA) is 66.4 Å². The molecule has 0 aromatic heterocycles. The largest absolute Gasteiger partial charge is 0.480 e. The number of rotatable bonds is 5. The third-order valence-corrected chi connectivity index (χ3v) is 3.64. The van der Waals surface area contributed by atoms with Crippen molar-refractivity contribution in [3.05, 3.63) is 69.3 Å². The first-order chi connectivity index (χ1) is 10.1. The van der Waals surface area contributed by atoms with Crippen molar-refractivity contribution in [3.8, 4) is 0 Å². The molecule has 4 nitrogen and oxygen atoms in total. The highest BCUT2D eigenvalue weighted by molar-refractivity contribution is 14.1. The molecule has 0 heterocycles. The van der Waals surface area contributed by atoms with Gasteiger partial charge in [0.25, 0.3) is 5.91 Å². The van der Waals surface area contributed by atoms with E-state index in [2.05, 4.69) is 27.9 Å². The Kier molecular flexibility index (Phi) is 5.32. The zero-order valence-corrected chi connectivity index (χ0v) is 13.3. The number of amides is 1. The second-order valence-corrected chi connectivity index (χ2v) is 5.81. The van der Waals surface area contributed by atoms with Gasteiger partial charge in [-0.25, -0.2) is 4.79 Å². The van der Waals surface area contributed by atoms with Crippen LogP contribution in [0.2, 0.25) is 0 Å². The molecule has 0 aliphatic heterocycles. The van der Waals surface area contributed by atoms with Crippen molar-refractivity contribution in [2.24, 2.45) is 0 Å². The van der Waals surface area contributed by atoms with Gasteiger partial charge in [0.15, 0.2) is 0 Å². The van der Waals surface area contributed by atoms with E-state index in [4.69, 9.17) is 0 Å². The number of carboxylic acid groups (broad SMARTS) is 1. The van der Waals surface area contributed by atoms with E-state index in [-0.39, 0.29) is 12.3 Å². The standard InChI is InChI=1S/C16H14INO3/c17-13-8-4-7-12(10-13)15(19)18-14(16(20)21)9-11-5-2-1-3-6-11/h1-8,10,14H,9H2,(H,18,19)(H,20,21)/t14-/m1/s1. The van der Waals surface area contributed by atoms with Crippen LogP contribution in [0.25, 0.3) is 0 Å². The molecule has 1 amide bonds. The molecule has 0 aliphatic carbocycles. The second kappa shape index (κ2) is 7.21. The highest BCUT2D eigenvalue weighted by atomic mass is 127. The highest BCUT2D eigenvalue weighted by Crippen LogP contribution is 2.09. The maximum Gasteiger partial charge on any atom is 0.326 e. The number of carbonyl (C=O) groups excluding carboxylic acids is 1. The van der Waals surface area contributed by atoms with Crippen LogP contribution in [0.15, 0.2) is 54.6 Å². The summed E-state index contributed by atoms with van der Waals surface area (Å²) in [5.74, 6) is -1.42. The van der Waals surface area contributed by atoms with Gasteiger partial charge in [0.2, 0.25) is 0 Å². The van der Waals surface area contributed by atoms with Gasteiger partial charge in [-0.2, -0.15) is 0 Å². The Labute approximate surface area is 136 Å². The third kappa shape index (κ3) is 4.56. The van der Waals surface area contributed by atoms with E-state index >= 15 is 0 Å². The van der Waals surface area contributed by atoms with Crippen LogP contribution in [0.1, 0.15) is 15.9 Å². The average molecular weight is 395 g/mol. The Bertz CT molecular complexity index is 643. The number of halogens is 1. The maximum absolute atomic E-state index is 12.1. The number of carboxylic acids is 1. The van der Waals surface area contributed by atoms with E-state index in [1.54, 1.807) is 18.2 Å². The molecule has 0 fully saturated rings. The van der Waals surface area contributed by atoms with Crippen LogP contribution in [-0.2, 0) is 11.2 Å². The summed E-state index contributed by atoms with van der Waals surface area (Å²) in [6, 6.07) is 15.3. The third-order valence-electron chi connectivity index (χ3n) is 2.97. The monoisotopic (exact) mass is 395 g/mol. The summed E-state index contributed by atoms with van der Waals surface area (Å²) in [5.41, 5.74) is 1.33. The molecule has 0 saturated heterocycles. The van der Waals surface area contributed by atoms with Gasteiger partial charge in [-0.3, -0.25) is 4.79 Å². The number of hydrogen-bond donors (Lipinski definition) is 2. The molecule has 21 heavy (non-hydrogen) atoms. The summed E-state index contributed by atoms with van der Waals surface area (Å²) < 4.78 is 0.926. The highest BCUT2D eigenvalue weighted by Gasteiger charge is 2.21. The molecule has 0 radical (unpaired) electrons. The summed E-state index contributed by atoms with van der Waals surface area (Å²) in [6.45, 7) is 0. The van der Waals surface area contributed by atoms with Gasteiger partial charge in [0, 0.05) is 15.6 Å². The van der Waals surface area contributed by atoms with Gasteiger partial charge in [-0.15, -0.1) is 0 Å². The number of aliphatic carboxylic acids is 1. The molecule has 2 N–H and O–H groups in total. The zero-order chi connectivity index (χ0) is 15.2. The summed E-state index contributed by atoms with van der Waals surface area (Å²) >= 11 is 2.11. The van der Waals surface area contributed by atoms with Crippen molar-refractivity contribution in [1.82, 2.24) is 5.32 Å². The van der Waals surface area contributed by atoms with Crippen LogP contribution in [-0.4, -0.2) is 23.0 Å². The number of carbonyl (C=O) groups is 2. The average Bonchev–Trinajstić information content (AvgIpc) is 2.47. The van der Waals surface area contributed by atoms with Crippen molar-refractivity contribution in [2.45, 2.75) is 12.5 Å². The summed E-state index contributed by atoms with van der Waals surface area (Å²) in [4.78, 5) is 23.4. The fraction of sp³-hybridized carbons (Fsp3) is 0.125. The molecular formula is C16H14INO3. The molecule has 2 aromatic rings. The van der Waals surface area contributed by atoms with Gasteiger partial charge in [-0.1, -0.05) is 36.4 Å². The summed E-state index contributed by atoms with van der Waals surface area (Å²) in [6.07, 6.45) is 0.256. The Morgan fingerprint density at radius 3 is 2.43 bits per heavy atom. The molecule has 5 heteroatoms. The molecule has 0 unspecified atom stereocenters. The van der Waals surface area contributed by atoms with Crippen molar-refractivity contribution in [1.29, 1.82) is 0 Å². The quantitative estimate of drug-likeness (QED) is 0.766. The fourth-order valence-corrected chi connectivity index (χ4v) is 2.46. The van der Waals surface area contributed by atoms with Crippen LogP contribution < -0.4 is 5.32 Å². The Morgan fingerprint density at radius 2 is 1.81 bits per heavy atom. The van der Waals surface area contributed by atoms with Gasteiger partial charge in [-0.05, 0) is 46.4 Å². The lowest BCUT2D eigenvalue weighted by atomic mass is 10.1. The molecule has 0 bridgehead atoms. The zero-order valence-electron chi connectivity index (χ0n) is 11.1. The minimum absolute atomic E-state index is 0.256. The lowest BCUT2D eigenvalue weighted by molar-refractivity contribution is -0.139. The summed E-state index contributed by atoms with van der Waals surface area (Å²) in [5, 5.41) is 11.8. The molecule has 0 saturated carbocycles. The second-order valence-electron chi connectivity index (χ2n) is 4.56. The van der Waals surface area contributed by atoms with E-state index in [1.807, 2.05) is 36.4 Å². The first-order valence-electron chi connectivity index (χ1n) is 6.39. The van der Waals surface area contributed by atoms with Crippen LogP contribution in [0.5, 0.6) is 0 Å². The molecule has 0 spiro atoms. The van der Waals surface area contributed by atoms with E-state index in [0.29, 0.717) is 5.56 Å². The van der Waals surface area contributed by atoms with Gasteiger partial charge in [0.1, 0.15) is 6.04 Å². The van der Waals surface area contributed by atoms with Crippen LogP contribution in [0.3, 0.4) is 0 Å². The first-order valence-corrected chi connectivity index (χ1v) is 7.47.